The molecule has 5 nitrogen and oxygen atoms in total. The molecule has 1 amide bonds. The number of rotatable bonds is 7. The van der Waals surface area contributed by atoms with Gasteiger partial charge in [-0.25, -0.2) is 4.98 Å². The van der Waals surface area contributed by atoms with E-state index in [1.165, 1.54) is 18.4 Å². The first-order valence-corrected chi connectivity index (χ1v) is 9.92. The molecule has 2 aromatic rings. The number of anilines is 2. The molecule has 2 heterocycles. The summed E-state index contributed by atoms with van der Waals surface area (Å²) in [7, 11) is 0. The maximum absolute atomic E-state index is 12.5. The van der Waals surface area contributed by atoms with Crippen LogP contribution in [0, 0.1) is 0 Å². The monoisotopic (exact) mass is 366 g/mol. The summed E-state index contributed by atoms with van der Waals surface area (Å²) >= 11 is 0. The number of benzene rings is 1. The highest BCUT2D eigenvalue weighted by Crippen LogP contribution is 2.20. The summed E-state index contributed by atoms with van der Waals surface area (Å²) in [5.74, 6) is 0.461. The maximum Gasteiger partial charge on any atom is 0.256 e. The van der Waals surface area contributed by atoms with Crippen molar-refractivity contribution in [3.8, 4) is 0 Å². The van der Waals surface area contributed by atoms with Gasteiger partial charge in [-0.05, 0) is 63.1 Å². The van der Waals surface area contributed by atoms with Crippen LogP contribution < -0.4 is 10.2 Å². The highest BCUT2D eigenvalue weighted by Gasteiger charge is 2.13. The van der Waals surface area contributed by atoms with Gasteiger partial charge in [0, 0.05) is 31.2 Å². The lowest BCUT2D eigenvalue weighted by molar-refractivity contribution is 0.102. The first-order valence-electron chi connectivity index (χ1n) is 9.92. The lowest BCUT2D eigenvalue weighted by Gasteiger charge is -2.24. The van der Waals surface area contributed by atoms with Gasteiger partial charge >= 0.3 is 0 Å². The third kappa shape index (κ3) is 5.07. The zero-order valence-corrected chi connectivity index (χ0v) is 16.6. The summed E-state index contributed by atoms with van der Waals surface area (Å²) in [6.07, 6.45) is 4.32. The Morgan fingerprint density at radius 2 is 1.85 bits per heavy atom. The van der Waals surface area contributed by atoms with Crippen molar-refractivity contribution >= 4 is 17.4 Å². The third-order valence-corrected chi connectivity index (χ3v) is 5.20. The topological polar surface area (TPSA) is 48.5 Å². The van der Waals surface area contributed by atoms with Crippen molar-refractivity contribution in [1.29, 1.82) is 0 Å². The third-order valence-electron chi connectivity index (χ3n) is 5.20. The molecular weight excluding hydrogens is 336 g/mol. The summed E-state index contributed by atoms with van der Waals surface area (Å²) in [5, 5.41) is 2.89. The number of hydrogen-bond acceptors (Lipinski definition) is 4. The molecule has 0 radical (unpaired) electrons. The Bertz CT molecular complexity index is 734. The SMILES string of the molecule is CCN(Cc1ccc(C(=O)Nc2ccc(N3CCCC3)cn2)cc1)C(C)C. The molecule has 0 aliphatic carbocycles. The number of hydrogen-bond donors (Lipinski definition) is 1. The summed E-state index contributed by atoms with van der Waals surface area (Å²) in [4.78, 5) is 21.6. The molecule has 1 aliphatic rings. The lowest BCUT2D eigenvalue weighted by Crippen LogP contribution is -2.29. The standard InChI is InChI=1S/C22H30N4O/c1-4-25(17(2)3)16-18-7-9-19(10-8-18)22(27)24-21-12-11-20(15-23-21)26-13-5-6-14-26/h7-12,15,17H,4-6,13-14,16H2,1-3H3,(H,23,24,27). The van der Waals surface area contributed by atoms with Gasteiger partial charge in [-0.3, -0.25) is 9.69 Å². The Kier molecular flexibility index (Phi) is 6.45. The van der Waals surface area contributed by atoms with Gasteiger partial charge in [-0.15, -0.1) is 0 Å². The summed E-state index contributed by atoms with van der Waals surface area (Å²) in [6.45, 7) is 10.7. The molecule has 1 N–H and O–H groups in total. The van der Waals surface area contributed by atoms with Crippen molar-refractivity contribution in [2.45, 2.75) is 46.2 Å². The van der Waals surface area contributed by atoms with Crippen LogP contribution in [-0.4, -0.2) is 41.5 Å². The molecule has 27 heavy (non-hydrogen) atoms. The van der Waals surface area contributed by atoms with Gasteiger partial charge in [0.15, 0.2) is 0 Å². The van der Waals surface area contributed by atoms with Gasteiger partial charge in [-0.2, -0.15) is 0 Å². The van der Waals surface area contributed by atoms with E-state index in [2.05, 4.69) is 40.9 Å². The Hall–Kier alpha value is -2.40. The molecule has 3 rings (SSSR count). The van der Waals surface area contributed by atoms with Crippen molar-refractivity contribution in [1.82, 2.24) is 9.88 Å². The molecule has 1 aromatic heterocycles. The van der Waals surface area contributed by atoms with Crippen molar-refractivity contribution < 1.29 is 4.79 Å². The van der Waals surface area contributed by atoms with Crippen molar-refractivity contribution in [3.05, 3.63) is 53.7 Å². The molecule has 1 aromatic carbocycles. The van der Waals surface area contributed by atoms with Crippen LogP contribution in [0.2, 0.25) is 0 Å². The van der Waals surface area contributed by atoms with Crippen LogP contribution in [0.25, 0.3) is 0 Å². The number of amides is 1. The molecule has 1 aliphatic heterocycles. The summed E-state index contributed by atoms with van der Waals surface area (Å²) in [5.41, 5.74) is 2.99. The van der Waals surface area contributed by atoms with E-state index in [1.54, 1.807) is 0 Å². The van der Waals surface area contributed by atoms with Gasteiger partial charge in [0.05, 0.1) is 11.9 Å². The second kappa shape index (κ2) is 9.00. The smallest absolute Gasteiger partial charge is 0.256 e. The fourth-order valence-electron chi connectivity index (χ4n) is 3.47. The van der Waals surface area contributed by atoms with Crippen LogP contribution >= 0.6 is 0 Å². The minimum Gasteiger partial charge on any atom is -0.370 e. The number of nitrogens with one attached hydrogen (secondary N) is 1. The fourth-order valence-corrected chi connectivity index (χ4v) is 3.47. The quantitative estimate of drug-likeness (QED) is 0.799. The Morgan fingerprint density at radius 1 is 1.15 bits per heavy atom. The van der Waals surface area contributed by atoms with E-state index in [4.69, 9.17) is 0 Å². The van der Waals surface area contributed by atoms with Crippen LogP contribution in [0.3, 0.4) is 0 Å². The predicted octanol–water partition coefficient (Wildman–Crippen LogP) is 4.16. The highest BCUT2D eigenvalue weighted by atomic mass is 16.1. The largest absolute Gasteiger partial charge is 0.370 e. The van der Waals surface area contributed by atoms with Crippen LogP contribution in [0.1, 0.15) is 49.5 Å². The van der Waals surface area contributed by atoms with Gasteiger partial charge in [-0.1, -0.05) is 19.1 Å². The van der Waals surface area contributed by atoms with Crippen molar-refractivity contribution in [3.63, 3.8) is 0 Å². The minimum absolute atomic E-state index is 0.126. The van der Waals surface area contributed by atoms with Crippen LogP contribution in [0.4, 0.5) is 11.5 Å². The Balaban J connectivity index is 1.59. The minimum atomic E-state index is -0.126. The summed E-state index contributed by atoms with van der Waals surface area (Å²) in [6, 6.07) is 12.2. The Morgan fingerprint density at radius 3 is 2.41 bits per heavy atom. The van der Waals surface area contributed by atoms with E-state index in [9.17, 15) is 4.79 Å². The van der Waals surface area contributed by atoms with Gasteiger partial charge < -0.3 is 10.2 Å². The van der Waals surface area contributed by atoms with Gasteiger partial charge in [0.25, 0.3) is 5.91 Å². The first-order chi connectivity index (χ1) is 13.1. The van der Waals surface area contributed by atoms with E-state index in [0.717, 1.165) is 31.9 Å². The van der Waals surface area contributed by atoms with Gasteiger partial charge in [0.1, 0.15) is 5.82 Å². The second-order valence-corrected chi connectivity index (χ2v) is 7.40. The number of nitrogens with zero attached hydrogens (tertiary/aromatic N) is 3. The van der Waals surface area contributed by atoms with Gasteiger partial charge in [0.2, 0.25) is 0 Å². The zero-order chi connectivity index (χ0) is 19.2. The van der Waals surface area contributed by atoms with E-state index < -0.39 is 0 Å². The molecule has 144 valence electrons. The number of aromatic nitrogens is 1. The van der Waals surface area contributed by atoms with Crippen molar-refractivity contribution in [2.75, 3.05) is 29.9 Å². The molecule has 0 saturated carbocycles. The first kappa shape index (κ1) is 19.4. The van der Waals surface area contributed by atoms with Crippen LogP contribution in [0.5, 0.6) is 0 Å². The Labute approximate surface area is 162 Å². The molecule has 5 heteroatoms. The second-order valence-electron chi connectivity index (χ2n) is 7.40. The van der Waals surface area contributed by atoms with E-state index in [-0.39, 0.29) is 5.91 Å². The van der Waals surface area contributed by atoms with Crippen molar-refractivity contribution in [2.24, 2.45) is 0 Å². The normalized spacial score (nSPS) is 14.2. The fraction of sp³-hybridized carbons (Fsp3) is 0.455. The van der Waals surface area contributed by atoms with Crippen LogP contribution in [0.15, 0.2) is 42.6 Å². The summed E-state index contributed by atoms with van der Waals surface area (Å²) < 4.78 is 0. The molecule has 1 saturated heterocycles. The van der Waals surface area contributed by atoms with E-state index >= 15 is 0 Å². The lowest BCUT2D eigenvalue weighted by atomic mass is 10.1. The number of carbonyl (C=O) groups is 1. The molecule has 1 fully saturated rings. The maximum atomic E-state index is 12.5. The average molecular weight is 367 g/mol. The van der Waals surface area contributed by atoms with Crippen LogP contribution in [-0.2, 0) is 6.54 Å². The zero-order valence-electron chi connectivity index (χ0n) is 16.6. The molecular formula is C22H30N4O. The molecule has 0 unspecified atom stereocenters. The number of carbonyl (C=O) groups excluding carboxylic acids is 1. The number of pyridine rings is 1. The van der Waals surface area contributed by atoms with E-state index in [0.29, 0.717) is 17.4 Å². The van der Waals surface area contributed by atoms with E-state index in [1.807, 2.05) is 42.6 Å². The molecule has 0 spiro atoms. The molecule has 0 atom stereocenters. The molecule has 0 bridgehead atoms. The average Bonchev–Trinajstić information content (AvgIpc) is 3.21. The highest BCUT2D eigenvalue weighted by molar-refractivity contribution is 6.03. The predicted molar refractivity (Wildman–Crippen MR) is 111 cm³/mol.